The zero-order chi connectivity index (χ0) is 12.6. The molecule has 1 N–H and O–H groups in total. The second kappa shape index (κ2) is 4.08. The van der Waals surface area contributed by atoms with Gasteiger partial charge in [0.1, 0.15) is 0 Å². The molecule has 0 unspecified atom stereocenters. The summed E-state index contributed by atoms with van der Waals surface area (Å²) in [6.45, 7) is 0. The van der Waals surface area contributed by atoms with Crippen molar-refractivity contribution in [2.24, 2.45) is 0 Å². The molecule has 0 aliphatic heterocycles. The van der Waals surface area contributed by atoms with Gasteiger partial charge in [0.15, 0.2) is 23.2 Å². The number of phenols is 1. The highest BCUT2D eigenvalue weighted by Gasteiger charge is 2.15. The summed E-state index contributed by atoms with van der Waals surface area (Å²) in [6, 6.07) is 4.71. The van der Waals surface area contributed by atoms with Crippen LogP contribution in [0.3, 0.4) is 0 Å². The summed E-state index contributed by atoms with van der Waals surface area (Å²) in [4.78, 5) is 0. The Morgan fingerprint density at radius 2 is 1.47 bits per heavy atom. The Labute approximate surface area is 93.9 Å². The molecule has 0 heterocycles. The van der Waals surface area contributed by atoms with Crippen LogP contribution in [0.4, 0.5) is 17.6 Å². The SMILES string of the molecule is Oc1ccc(-c2ccc(F)c(F)c2)c(F)c1F. The minimum Gasteiger partial charge on any atom is -0.505 e. The fraction of sp³-hybridized carbons (Fsp3) is 0. The van der Waals surface area contributed by atoms with Crippen LogP contribution in [0, 0.1) is 23.3 Å². The van der Waals surface area contributed by atoms with Gasteiger partial charge in [-0.25, -0.2) is 13.2 Å². The van der Waals surface area contributed by atoms with Gasteiger partial charge in [0.25, 0.3) is 0 Å². The van der Waals surface area contributed by atoms with Gasteiger partial charge in [0.2, 0.25) is 5.82 Å². The van der Waals surface area contributed by atoms with Crippen LogP contribution in [0.25, 0.3) is 11.1 Å². The van der Waals surface area contributed by atoms with E-state index in [0.29, 0.717) is 0 Å². The van der Waals surface area contributed by atoms with Crippen molar-refractivity contribution in [2.75, 3.05) is 0 Å². The molecule has 0 aliphatic carbocycles. The number of hydrogen-bond donors (Lipinski definition) is 1. The Balaban J connectivity index is 2.61. The zero-order valence-electron chi connectivity index (χ0n) is 8.35. The molecule has 0 saturated heterocycles. The second-order valence-electron chi connectivity index (χ2n) is 3.39. The molecule has 2 aromatic rings. The summed E-state index contributed by atoms with van der Waals surface area (Å²) in [5, 5.41) is 8.92. The fourth-order valence-electron chi connectivity index (χ4n) is 1.43. The van der Waals surface area contributed by atoms with Gasteiger partial charge < -0.3 is 5.11 Å². The van der Waals surface area contributed by atoms with Crippen molar-refractivity contribution in [1.82, 2.24) is 0 Å². The molecule has 0 saturated carbocycles. The maximum Gasteiger partial charge on any atom is 0.200 e. The van der Waals surface area contributed by atoms with Crippen molar-refractivity contribution < 1.29 is 22.7 Å². The van der Waals surface area contributed by atoms with Gasteiger partial charge in [0, 0.05) is 5.56 Å². The summed E-state index contributed by atoms with van der Waals surface area (Å²) in [5.74, 6) is -5.80. The Kier molecular flexibility index (Phi) is 2.75. The highest BCUT2D eigenvalue weighted by atomic mass is 19.2. The predicted octanol–water partition coefficient (Wildman–Crippen LogP) is 3.62. The van der Waals surface area contributed by atoms with E-state index in [0.717, 1.165) is 30.3 Å². The smallest absolute Gasteiger partial charge is 0.200 e. The average molecular weight is 242 g/mol. The molecule has 88 valence electrons. The third-order valence-electron chi connectivity index (χ3n) is 2.29. The third-order valence-corrected chi connectivity index (χ3v) is 2.29. The predicted molar refractivity (Wildman–Crippen MR) is 53.4 cm³/mol. The lowest BCUT2D eigenvalue weighted by Gasteiger charge is -2.05. The molecule has 0 amide bonds. The lowest BCUT2D eigenvalue weighted by molar-refractivity contribution is 0.408. The lowest BCUT2D eigenvalue weighted by Crippen LogP contribution is -1.92. The van der Waals surface area contributed by atoms with E-state index in [-0.39, 0.29) is 11.1 Å². The topological polar surface area (TPSA) is 20.2 Å². The Bertz CT molecular complexity index is 581. The van der Waals surface area contributed by atoms with Crippen molar-refractivity contribution in [2.45, 2.75) is 0 Å². The second-order valence-corrected chi connectivity index (χ2v) is 3.39. The Hall–Kier alpha value is -2.04. The molecular formula is C12H6F4O. The molecule has 0 aliphatic rings. The van der Waals surface area contributed by atoms with Gasteiger partial charge in [-0.05, 0) is 29.8 Å². The van der Waals surface area contributed by atoms with E-state index < -0.39 is 29.0 Å². The van der Waals surface area contributed by atoms with Gasteiger partial charge in [-0.15, -0.1) is 0 Å². The Morgan fingerprint density at radius 3 is 2.12 bits per heavy atom. The summed E-state index contributed by atoms with van der Waals surface area (Å²) in [5.41, 5.74) is -0.264. The average Bonchev–Trinajstić information content (AvgIpc) is 2.30. The van der Waals surface area contributed by atoms with Crippen LogP contribution >= 0.6 is 0 Å². The van der Waals surface area contributed by atoms with Gasteiger partial charge >= 0.3 is 0 Å². The zero-order valence-corrected chi connectivity index (χ0v) is 8.35. The highest BCUT2D eigenvalue weighted by molar-refractivity contribution is 5.65. The molecule has 0 spiro atoms. The lowest BCUT2D eigenvalue weighted by atomic mass is 10.0. The van der Waals surface area contributed by atoms with Gasteiger partial charge in [-0.3, -0.25) is 0 Å². The molecule has 0 aromatic heterocycles. The van der Waals surface area contributed by atoms with Crippen molar-refractivity contribution in [3.05, 3.63) is 53.6 Å². The van der Waals surface area contributed by atoms with E-state index >= 15 is 0 Å². The Morgan fingerprint density at radius 1 is 0.765 bits per heavy atom. The summed E-state index contributed by atoms with van der Waals surface area (Å²) >= 11 is 0. The molecular weight excluding hydrogens is 236 g/mol. The first-order chi connectivity index (χ1) is 8.00. The standard InChI is InChI=1S/C12H6F4O/c13-8-3-1-6(5-9(8)14)7-2-4-10(17)12(16)11(7)15/h1-5,17H. The first-order valence-corrected chi connectivity index (χ1v) is 4.63. The number of phenolic OH excluding ortho intramolecular Hbond substituents is 1. The maximum absolute atomic E-state index is 13.4. The van der Waals surface area contributed by atoms with E-state index in [4.69, 9.17) is 5.11 Å². The third kappa shape index (κ3) is 1.95. The number of rotatable bonds is 1. The molecule has 1 nitrogen and oxygen atoms in total. The van der Waals surface area contributed by atoms with Crippen LogP contribution in [-0.4, -0.2) is 5.11 Å². The molecule has 2 rings (SSSR count). The summed E-state index contributed by atoms with van der Waals surface area (Å²) < 4.78 is 52.1. The number of hydrogen-bond acceptors (Lipinski definition) is 1. The minimum absolute atomic E-state index is 0.0136. The van der Waals surface area contributed by atoms with E-state index in [9.17, 15) is 17.6 Å². The minimum atomic E-state index is -1.42. The van der Waals surface area contributed by atoms with Crippen molar-refractivity contribution in [3.63, 3.8) is 0 Å². The van der Waals surface area contributed by atoms with Crippen molar-refractivity contribution >= 4 is 0 Å². The summed E-state index contributed by atoms with van der Waals surface area (Å²) in [7, 11) is 0. The van der Waals surface area contributed by atoms with Crippen LogP contribution in [0.5, 0.6) is 5.75 Å². The van der Waals surface area contributed by atoms with Crippen LogP contribution in [0.2, 0.25) is 0 Å². The van der Waals surface area contributed by atoms with Crippen LogP contribution in [0.15, 0.2) is 30.3 Å². The number of aromatic hydroxyl groups is 1. The number of halogens is 4. The normalized spacial score (nSPS) is 10.6. The molecule has 5 heteroatoms. The van der Waals surface area contributed by atoms with E-state index in [1.165, 1.54) is 0 Å². The molecule has 0 radical (unpaired) electrons. The summed E-state index contributed by atoms with van der Waals surface area (Å²) in [6.07, 6.45) is 0. The van der Waals surface area contributed by atoms with E-state index in [2.05, 4.69) is 0 Å². The molecule has 0 fully saturated rings. The largest absolute Gasteiger partial charge is 0.505 e. The first kappa shape index (κ1) is 11.4. The van der Waals surface area contributed by atoms with Crippen LogP contribution in [-0.2, 0) is 0 Å². The number of benzene rings is 2. The van der Waals surface area contributed by atoms with Crippen molar-refractivity contribution in [3.8, 4) is 16.9 Å². The maximum atomic E-state index is 13.4. The van der Waals surface area contributed by atoms with Crippen LogP contribution in [0.1, 0.15) is 0 Å². The quantitative estimate of drug-likeness (QED) is 0.757. The molecule has 17 heavy (non-hydrogen) atoms. The molecule has 0 bridgehead atoms. The molecule has 2 aromatic carbocycles. The van der Waals surface area contributed by atoms with E-state index in [1.54, 1.807) is 0 Å². The van der Waals surface area contributed by atoms with Gasteiger partial charge in [-0.2, -0.15) is 4.39 Å². The van der Waals surface area contributed by atoms with Crippen LogP contribution < -0.4 is 0 Å². The monoisotopic (exact) mass is 242 g/mol. The highest BCUT2D eigenvalue weighted by Crippen LogP contribution is 2.29. The van der Waals surface area contributed by atoms with Crippen molar-refractivity contribution in [1.29, 1.82) is 0 Å². The van der Waals surface area contributed by atoms with E-state index in [1.807, 2.05) is 0 Å². The van der Waals surface area contributed by atoms with Gasteiger partial charge in [0.05, 0.1) is 0 Å². The van der Waals surface area contributed by atoms with Gasteiger partial charge in [-0.1, -0.05) is 6.07 Å². The molecule has 0 atom stereocenters. The fourth-order valence-corrected chi connectivity index (χ4v) is 1.43. The first-order valence-electron chi connectivity index (χ1n) is 4.63.